The number of hydrogen-bond acceptors (Lipinski definition) is 5. The van der Waals surface area contributed by atoms with Crippen LogP contribution in [0.2, 0.25) is 10.0 Å². The minimum atomic E-state index is 0.532. The van der Waals surface area contributed by atoms with Crippen molar-refractivity contribution in [2.24, 2.45) is 0 Å². The fraction of sp³-hybridized carbons (Fsp3) is 0.269. The number of benzene rings is 2. The van der Waals surface area contributed by atoms with Crippen LogP contribution in [0.4, 0.5) is 0 Å². The highest BCUT2D eigenvalue weighted by Gasteiger charge is 2.20. The lowest BCUT2D eigenvalue weighted by atomic mass is 10.1. The quantitative estimate of drug-likeness (QED) is 0.272. The highest BCUT2D eigenvalue weighted by molar-refractivity contribution is 9.10. The molecule has 2 aromatic carbocycles. The Balaban J connectivity index is 1.48. The van der Waals surface area contributed by atoms with E-state index in [4.69, 9.17) is 37.9 Å². The number of morpholine rings is 1. The minimum absolute atomic E-state index is 0.532. The summed E-state index contributed by atoms with van der Waals surface area (Å²) in [6, 6.07) is 15.4. The van der Waals surface area contributed by atoms with Crippen molar-refractivity contribution in [3.63, 3.8) is 0 Å². The van der Waals surface area contributed by atoms with Crippen molar-refractivity contribution in [2.75, 3.05) is 32.8 Å². The van der Waals surface area contributed by atoms with Gasteiger partial charge in [-0.1, -0.05) is 57.3 Å². The number of hydrogen-bond donors (Lipinski definition) is 1. The van der Waals surface area contributed by atoms with Gasteiger partial charge in [0.25, 0.3) is 0 Å². The lowest BCUT2D eigenvalue weighted by molar-refractivity contribution is 0.0374. The van der Waals surface area contributed by atoms with Gasteiger partial charge < -0.3 is 9.72 Å². The fourth-order valence-corrected chi connectivity index (χ4v) is 5.17. The monoisotopic (exact) mass is 571 g/mol. The van der Waals surface area contributed by atoms with Gasteiger partial charge >= 0.3 is 0 Å². The van der Waals surface area contributed by atoms with E-state index < -0.39 is 0 Å². The molecule has 0 radical (unpaired) electrons. The molecular formula is C26H24BrCl2N5O. The topological polar surface area (TPSA) is 66.9 Å². The number of nitrogens with one attached hydrogen (secondary N) is 1. The van der Waals surface area contributed by atoms with Crippen LogP contribution in [0.1, 0.15) is 12.2 Å². The van der Waals surface area contributed by atoms with Crippen LogP contribution in [0.5, 0.6) is 0 Å². The van der Waals surface area contributed by atoms with E-state index in [2.05, 4.69) is 30.8 Å². The first-order valence-corrected chi connectivity index (χ1v) is 13.1. The molecule has 0 aliphatic carbocycles. The molecule has 1 aliphatic rings. The van der Waals surface area contributed by atoms with Gasteiger partial charge in [0.05, 0.1) is 45.9 Å². The molecule has 2 aromatic heterocycles. The summed E-state index contributed by atoms with van der Waals surface area (Å²) in [5.74, 6) is 1.40. The van der Waals surface area contributed by atoms with Gasteiger partial charge in [-0.3, -0.25) is 4.90 Å². The van der Waals surface area contributed by atoms with Gasteiger partial charge in [0, 0.05) is 35.7 Å². The number of aromatic nitrogens is 4. The largest absolute Gasteiger partial charge is 0.379 e. The van der Waals surface area contributed by atoms with Crippen molar-refractivity contribution in [1.29, 1.82) is 0 Å². The molecule has 180 valence electrons. The highest BCUT2D eigenvalue weighted by Crippen LogP contribution is 2.38. The average Bonchev–Trinajstić information content (AvgIpc) is 3.30. The van der Waals surface area contributed by atoms with E-state index in [0.717, 1.165) is 78.6 Å². The van der Waals surface area contributed by atoms with Crippen LogP contribution in [-0.2, 0) is 11.2 Å². The Labute approximate surface area is 222 Å². The van der Waals surface area contributed by atoms with Crippen LogP contribution in [0, 0.1) is 0 Å². The number of ether oxygens (including phenoxy) is 1. The van der Waals surface area contributed by atoms with Crippen LogP contribution in [0.15, 0.2) is 59.2 Å². The maximum absolute atomic E-state index is 6.50. The molecule has 1 aliphatic heterocycles. The standard InChI is InChI=1S/C26H24BrCl2N5O/c27-18-5-1-4-17(16-18)24-25(33-26(32-24)23-19(28)6-2-7-20(23)29)21-9-10-30-22(31-21)8-3-11-34-12-14-35-15-13-34/h1-2,4-7,9-10,16H,3,8,11-15H2,(H,32,33). The van der Waals surface area contributed by atoms with Crippen molar-refractivity contribution in [3.05, 3.63) is 75.1 Å². The summed E-state index contributed by atoms with van der Waals surface area (Å²) in [6.07, 6.45) is 3.60. The third kappa shape index (κ3) is 5.76. The van der Waals surface area contributed by atoms with Gasteiger partial charge in [0.15, 0.2) is 0 Å². The van der Waals surface area contributed by atoms with Gasteiger partial charge in [-0.15, -0.1) is 0 Å². The highest BCUT2D eigenvalue weighted by atomic mass is 79.9. The Hall–Kier alpha value is -2.29. The minimum Gasteiger partial charge on any atom is -0.379 e. The summed E-state index contributed by atoms with van der Waals surface area (Å²) in [7, 11) is 0. The molecular weight excluding hydrogens is 549 g/mol. The Morgan fingerprint density at radius 3 is 2.54 bits per heavy atom. The predicted molar refractivity (Wildman–Crippen MR) is 144 cm³/mol. The lowest BCUT2D eigenvalue weighted by Gasteiger charge is -2.26. The van der Waals surface area contributed by atoms with Gasteiger partial charge in [-0.05, 0) is 43.3 Å². The zero-order chi connectivity index (χ0) is 24.2. The zero-order valence-corrected chi connectivity index (χ0v) is 22.1. The molecule has 4 aromatic rings. The van der Waals surface area contributed by atoms with Crippen molar-refractivity contribution >= 4 is 39.1 Å². The summed E-state index contributed by atoms with van der Waals surface area (Å²) in [4.78, 5) is 20.2. The average molecular weight is 573 g/mol. The zero-order valence-electron chi connectivity index (χ0n) is 19.0. The SMILES string of the molecule is Clc1cccc(Cl)c1-c1nc(-c2cccc(Br)c2)c(-c2ccnc(CCCN3CCOCC3)n2)[nH]1. The fourth-order valence-electron chi connectivity index (χ4n) is 4.19. The Morgan fingerprint density at radius 2 is 1.77 bits per heavy atom. The molecule has 0 saturated carbocycles. The molecule has 9 heteroatoms. The van der Waals surface area contributed by atoms with Crippen LogP contribution >= 0.6 is 39.1 Å². The molecule has 1 saturated heterocycles. The van der Waals surface area contributed by atoms with Crippen LogP contribution < -0.4 is 0 Å². The number of halogens is 3. The van der Waals surface area contributed by atoms with E-state index in [1.165, 1.54) is 0 Å². The molecule has 1 fully saturated rings. The maximum atomic E-state index is 6.50. The van der Waals surface area contributed by atoms with Crippen molar-refractivity contribution in [1.82, 2.24) is 24.8 Å². The molecule has 0 amide bonds. The lowest BCUT2D eigenvalue weighted by Crippen LogP contribution is -2.37. The summed E-state index contributed by atoms with van der Waals surface area (Å²) in [5.41, 5.74) is 3.96. The van der Waals surface area contributed by atoms with Crippen LogP contribution in [0.25, 0.3) is 34.0 Å². The third-order valence-electron chi connectivity index (χ3n) is 5.94. The number of H-pyrrole nitrogens is 1. The Bertz CT molecular complexity index is 1300. The number of nitrogens with zero attached hydrogens (tertiary/aromatic N) is 4. The van der Waals surface area contributed by atoms with E-state index in [1.807, 2.05) is 36.4 Å². The first-order chi connectivity index (χ1) is 17.1. The van der Waals surface area contributed by atoms with Crippen LogP contribution in [0.3, 0.4) is 0 Å². The summed E-state index contributed by atoms with van der Waals surface area (Å²) in [6.45, 7) is 4.60. The van der Waals surface area contributed by atoms with Crippen molar-refractivity contribution in [3.8, 4) is 34.0 Å². The second-order valence-corrected chi connectivity index (χ2v) is 10.1. The molecule has 5 rings (SSSR count). The summed E-state index contributed by atoms with van der Waals surface area (Å²) in [5, 5.41) is 1.06. The van der Waals surface area contributed by atoms with E-state index in [9.17, 15) is 0 Å². The van der Waals surface area contributed by atoms with Gasteiger partial charge in [0.1, 0.15) is 11.6 Å². The van der Waals surface area contributed by atoms with Gasteiger partial charge in [0.2, 0.25) is 0 Å². The molecule has 0 bridgehead atoms. The molecule has 0 unspecified atom stereocenters. The van der Waals surface area contributed by atoms with E-state index in [0.29, 0.717) is 21.4 Å². The smallest absolute Gasteiger partial charge is 0.141 e. The first-order valence-electron chi connectivity index (χ1n) is 11.5. The summed E-state index contributed by atoms with van der Waals surface area (Å²) < 4.78 is 6.40. The second kappa shape index (κ2) is 11.2. The van der Waals surface area contributed by atoms with Crippen molar-refractivity contribution in [2.45, 2.75) is 12.8 Å². The van der Waals surface area contributed by atoms with Crippen LogP contribution in [-0.4, -0.2) is 57.7 Å². The summed E-state index contributed by atoms with van der Waals surface area (Å²) >= 11 is 16.6. The third-order valence-corrected chi connectivity index (χ3v) is 7.06. The molecule has 0 spiro atoms. The number of imidazole rings is 1. The van der Waals surface area contributed by atoms with E-state index in [-0.39, 0.29) is 0 Å². The molecule has 3 heterocycles. The molecule has 35 heavy (non-hydrogen) atoms. The van der Waals surface area contributed by atoms with E-state index in [1.54, 1.807) is 18.3 Å². The maximum Gasteiger partial charge on any atom is 0.141 e. The Morgan fingerprint density at radius 1 is 1.00 bits per heavy atom. The van der Waals surface area contributed by atoms with Gasteiger partial charge in [-0.2, -0.15) is 0 Å². The van der Waals surface area contributed by atoms with E-state index >= 15 is 0 Å². The normalized spacial score (nSPS) is 14.4. The van der Waals surface area contributed by atoms with Gasteiger partial charge in [-0.25, -0.2) is 15.0 Å². The molecule has 0 atom stereocenters. The first kappa shape index (κ1) is 24.4. The van der Waals surface area contributed by atoms with Crippen molar-refractivity contribution < 1.29 is 4.74 Å². The molecule has 6 nitrogen and oxygen atoms in total. The number of aromatic amines is 1. The Kier molecular flexibility index (Phi) is 7.80. The predicted octanol–water partition coefficient (Wildman–Crippen LogP) is 6.53. The second-order valence-electron chi connectivity index (χ2n) is 8.33. The number of aryl methyl sites for hydroxylation is 1. The number of rotatable bonds is 7. The molecule has 1 N–H and O–H groups in total.